The number of carboxylic acid groups (broad SMARTS) is 1. The number of ether oxygens (including phenoxy) is 1. The summed E-state index contributed by atoms with van der Waals surface area (Å²) in [7, 11) is 1.61. The van der Waals surface area contributed by atoms with Crippen molar-refractivity contribution < 1.29 is 24.2 Å². The topological polar surface area (TPSA) is 95.9 Å². The van der Waals surface area contributed by atoms with E-state index in [-0.39, 0.29) is 24.8 Å². The van der Waals surface area contributed by atoms with Crippen LogP contribution in [0.1, 0.15) is 23.2 Å². The molecule has 22 heavy (non-hydrogen) atoms. The van der Waals surface area contributed by atoms with E-state index in [4.69, 9.17) is 9.84 Å². The molecular weight excluding hydrogens is 356 g/mol. The Morgan fingerprint density at radius 2 is 2.18 bits per heavy atom. The van der Waals surface area contributed by atoms with Gasteiger partial charge in [0, 0.05) is 24.5 Å². The second-order valence-corrected chi connectivity index (χ2v) is 5.74. The molecule has 1 heterocycles. The molecule has 1 aromatic carbocycles. The second-order valence-electron chi connectivity index (χ2n) is 4.89. The van der Waals surface area contributed by atoms with Crippen molar-refractivity contribution in [2.45, 2.75) is 12.8 Å². The number of nitrogens with one attached hydrogen (secondary N) is 1. The molecule has 0 saturated carbocycles. The fraction of sp³-hybridized carbons (Fsp3) is 0.357. The Bertz CT molecular complexity index is 632. The number of amides is 2. The molecule has 2 amide bonds. The Labute approximate surface area is 135 Å². The van der Waals surface area contributed by atoms with Crippen LogP contribution in [0, 0.1) is 0 Å². The van der Waals surface area contributed by atoms with Crippen LogP contribution in [-0.4, -0.2) is 48.0 Å². The number of benzene rings is 1. The Morgan fingerprint density at radius 1 is 1.45 bits per heavy atom. The van der Waals surface area contributed by atoms with E-state index in [1.807, 2.05) is 0 Å². The summed E-state index contributed by atoms with van der Waals surface area (Å²) in [5.74, 6) is -0.949. The van der Waals surface area contributed by atoms with Gasteiger partial charge in [0.15, 0.2) is 6.61 Å². The van der Waals surface area contributed by atoms with Crippen LogP contribution in [-0.2, 0) is 9.59 Å². The summed E-state index contributed by atoms with van der Waals surface area (Å²) in [6.45, 7) is 0.253. The van der Waals surface area contributed by atoms with E-state index in [9.17, 15) is 14.4 Å². The maximum atomic E-state index is 12.4. The summed E-state index contributed by atoms with van der Waals surface area (Å²) >= 11 is 3.31. The van der Waals surface area contributed by atoms with Gasteiger partial charge in [0.25, 0.3) is 11.8 Å². The van der Waals surface area contributed by atoms with Gasteiger partial charge in [0.05, 0.1) is 11.3 Å². The van der Waals surface area contributed by atoms with Gasteiger partial charge >= 0.3 is 5.97 Å². The number of halogens is 1. The number of anilines is 1. The minimum Gasteiger partial charge on any atom is -0.482 e. The first kappa shape index (κ1) is 16.3. The van der Waals surface area contributed by atoms with Crippen molar-refractivity contribution in [2.75, 3.05) is 25.5 Å². The number of carbonyl (C=O) groups excluding carboxylic acids is 2. The van der Waals surface area contributed by atoms with E-state index in [0.717, 1.165) is 0 Å². The second kappa shape index (κ2) is 6.78. The summed E-state index contributed by atoms with van der Waals surface area (Å²) in [5, 5.41) is 11.3. The number of nitrogens with zero attached hydrogens (tertiary/aromatic N) is 1. The maximum absolute atomic E-state index is 12.4. The first-order valence-electron chi connectivity index (χ1n) is 6.62. The molecule has 0 saturated heterocycles. The smallest absolute Gasteiger partial charge is 0.303 e. The Kier molecular flexibility index (Phi) is 5.02. The van der Waals surface area contributed by atoms with E-state index in [1.165, 1.54) is 4.90 Å². The van der Waals surface area contributed by atoms with Crippen LogP contribution < -0.4 is 10.1 Å². The van der Waals surface area contributed by atoms with Crippen molar-refractivity contribution in [3.05, 3.63) is 22.2 Å². The lowest BCUT2D eigenvalue weighted by Gasteiger charge is -2.22. The molecule has 1 aliphatic rings. The van der Waals surface area contributed by atoms with Crippen LogP contribution >= 0.6 is 15.9 Å². The van der Waals surface area contributed by atoms with Gasteiger partial charge in [-0.1, -0.05) is 0 Å². The van der Waals surface area contributed by atoms with Crippen LogP contribution in [0.25, 0.3) is 0 Å². The molecular formula is C14H15BrN2O5. The predicted octanol–water partition coefficient (Wildman–Crippen LogP) is 1.72. The third kappa shape index (κ3) is 3.76. The van der Waals surface area contributed by atoms with Crippen LogP contribution in [0.3, 0.4) is 0 Å². The number of aliphatic carboxylic acids is 1. The third-order valence-corrected chi connectivity index (χ3v) is 3.82. The van der Waals surface area contributed by atoms with Gasteiger partial charge in [-0.3, -0.25) is 14.4 Å². The van der Waals surface area contributed by atoms with Gasteiger partial charge < -0.3 is 20.1 Å². The fourth-order valence-corrected chi connectivity index (χ4v) is 2.55. The standard InChI is InChI=1S/C14H15BrN2O5/c1-17(4-2-3-13(19)20)14(21)8-5-11-10(6-9(8)15)16-12(18)7-22-11/h5-6H,2-4,7H2,1H3,(H,16,18)(H,19,20). The predicted molar refractivity (Wildman–Crippen MR) is 82.1 cm³/mol. The fourth-order valence-electron chi connectivity index (χ4n) is 2.04. The molecule has 1 aliphatic heterocycles. The maximum Gasteiger partial charge on any atom is 0.303 e. The largest absolute Gasteiger partial charge is 0.482 e. The van der Waals surface area contributed by atoms with Crippen LogP contribution in [0.5, 0.6) is 5.75 Å². The van der Waals surface area contributed by atoms with E-state index < -0.39 is 5.97 Å². The van der Waals surface area contributed by atoms with Crippen molar-refractivity contribution >= 4 is 39.4 Å². The molecule has 7 nitrogen and oxygen atoms in total. The SMILES string of the molecule is CN(CCCC(=O)O)C(=O)c1cc2c(cc1Br)NC(=O)CO2. The van der Waals surface area contributed by atoms with Gasteiger partial charge in [0.2, 0.25) is 0 Å². The average Bonchev–Trinajstić information content (AvgIpc) is 2.45. The highest BCUT2D eigenvalue weighted by atomic mass is 79.9. The number of fused-ring (bicyclic) bond motifs is 1. The monoisotopic (exact) mass is 370 g/mol. The zero-order valence-corrected chi connectivity index (χ0v) is 13.5. The molecule has 118 valence electrons. The highest BCUT2D eigenvalue weighted by molar-refractivity contribution is 9.10. The molecule has 2 N–H and O–H groups in total. The molecule has 8 heteroatoms. The lowest BCUT2D eigenvalue weighted by atomic mass is 10.1. The van der Waals surface area contributed by atoms with E-state index in [0.29, 0.717) is 34.4 Å². The normalized spacial score (nSPS) is 12.9. The summed E-state index contributed by atoms with van der Waals surface area (Å²) in [5.41, 5.74) is 0.904. The number of hydrogen-bond acceptors (Lipinski definition) is 4. The van der Waals surface area contributed by atoms with Crippen LogP contribution in [0.15, 0.2) is 16.6 Å². The van der Waals surface area contributed by atoms with E-state index in [1.54, 1.807) is 19.2 Å². The minimum atomic E-state index is -0.889. The number of rotatable bonds is 5. The summed E-state index contributed by atoms with van der Waals surface area (Å²) < 4.78 is 5.83. The molecule has 0 radical (unpaired) electrons. The lowest BCUT2D eigenvalue weighted by molar-refractivity contribution is -0.137. The Hall–Kier alpha value is -2.09. The molecule has 0 bridgehead atoms. The highest BCUT2D eigenvalue weighted by Gasteiger charge is 2.22. The van der Waals surface area contributed by atoms with E-state index >= 15 is 0 Å². The molecule has 0 spiro atoms. The summed E-state index contributed by atoms with van der Waals surface area (Å²) in [6.07, 6.45) is 0.394. The van der Waals surface area contributed by atoms with Gasteiger partial charge in [-0.05, 0) is 34.5 Å². The van der Waals surface area contributed by atoms with Crippen molar-refractivity contribution in [2.24, 2.45) is 0 Å². The molecule has 2 rings (SSSR count). The molecule has 0 aliphatic carbocycles. The van der Waals surface area contributed by atoms with Crippen molar-refractivity contribution in [1.82, 2.24) is 4.90 Å². The van der Waals surface area contributed by atoms with Crippen LogP contribution in [0.2, 0.25) is 0 Å². The van der Waals surface area contributed by atoms with Crippen molar-refractivity contribution in [1.29, 1.82) is 0 Å². The zero-order valence-electron chi connectivity index (χ0n) is 11.9. The molecule has 0 atom stereocenters. The van der Waals surface area contributed by atoms with Gasteiger partial charge in [-0.15, -0.1) is 0 Å². The molecule has 0 fully saturated rings. The molecule has 0 unspecified atom stereocenters. The zero-order chi connectivity index (χ0) is 16.3. The highest BCUT2D eigenvalue weighted by Crippen LogP contribution is 2.34. The van der Waals surface area contributed by atoms with E-state index in [2.05, 4.69) is 21.2 Å². The quantitative estimate of drug-likeness (QED) is 0.822. The molecule has 1 aromatic rings. The van der Waals surface area contributed by atoms with Crippen LogP contribution in [0.4, 0.5) is 5.69 Å². The first-order chi connectivity index (χ1) is 10.4. The van der Waals surface area contributed by atoms with Gasteiger partial charge in [-0.25, -0.2) is 0 Å². The number of carbonyl (C=O) groups is 3. The first-order valence-corrected chi connectivity index (χ1v) is 7.41. The van der Waals surface area contributed by atoms with Crippen molar-refractivity contribution in [3.63, 3.8) is 0 Å². The third-order valence-electron chi connectivity index (χ3n) is 3.16. The van der Waals surface area contributed by atoms with Gasteiger partial charge in [0.1, 0.15) is 5.75 Å². The Morgan fingerprint density at radius 3 is 2.86 bits per heavy atom. The minimum absolute atomic E-state index is 0.0120. The summed E-state index contributed by atoms with van der Waals surface area (Å²) in [6, 6.07) is 3.18. The lowest BCUT2D eigenvalue weighted by Crippen LogP contribution is -2.29. The number of hydrogen-bond donors (Lipinski definition) is 2. The molecule has 0 aromatic heterocycles. The number of carboxylic acids is 1. The Balaban J connectivity index is 2.12. The van der Waals surface area contributed by atoms with Gasteiger partial charge in [-0.2, -0.15) is 0 Å². The summed E-state index contributed by atoms with van der Waals surface area (Å²) in [4.78, 5) is 35.6. The van der Waals surface area contributed by atoms with Crippen molar-refractivity contribution in [3.8, 4) is 5.75 Å². The average molecular weight is 371 g/mol.